The number of rotatable bonds is 5. The third kappa shape index (κ3) is 7.85. The monoisotopic (exact) mass is 337 g/mol. The van der Waals surface area contributed by atoms with Crippen LogP contribution in [0.2, 0.25) is 0 Å². The Balaban J connectivity index is 2.80. The molecule has 0 unspecified atom stereocenters. The number of aliphatic carboxylic acids is 1. The average Bonchev–Trinajstić information content (AvgIpc) is 2.33. The topological polar surface area (TPSA) is 84.9 Å². The highest BCUT2D eigenvalue weighted by atomic mass is 16.6. The van der Waals surface area contributed by atoms with E-state index < -0.39 is 23.7 Å². The average molecular weight is 337 g/mol. The SMILES string of the molecule is CC(C)(C)OC(=O)N[C@H](Cc1cccc(OC(C)(C)C)c1)C(=O)O. The van der Waals surface area contributed by atoms with E-state index in [1.54, 1.807) is 39.0 Å². The first-order valence-electron chi connectivity index (χ1n) is 7.86. The summed E-state index contributed by atoms with van der Waals surface area (Å²) < 4.78 is 10.9. The molecule has 0 aliphatic rings. The maximum Gasteiger partial charge on any atom is 0.408 e. The van der Waals surface area contributed by atoms with Crippen LogP contribution in [-0.2, 0) is 16.0 Å². The van der Waals surface area contributed by atoms with Crippen LogP contribution in [0, 0.1) is 0 Å². The van der Waals surface area contributed by atoms with Crippen LogP contribution < -0.4 is 10.1 Å². The largest absolute Gasteiger partial charge is 0.488 e. The molecule has 1 rings (SSSR count). The summed E-state index contributed by atoms with van der Waals surface area (Å²) in [6.45, 7) is 11.0. The first-order chi connectivity index (χ1) is 10.9. The van der Waals surface area contributed by atoms with Crippen molar-refractivity contribution in [2.24, 2.45) is 0 Å². The van der Waals surface area contributed by atoms with E-state index >= 15 is 0 Å². The Morgan fingerprint density at radius 3 is 2.25 bits per heavy atom. The number of hydrogen-bond acceptors (Lipinski definition) is 4. The highest BCUT2D eigenvalue weighted by Crippen LogP contribution is 2.20. The summed E-state index contributed by atoms with van der Waals surface area (Å²) in [6, 6.07) is 6.10. The summed E-state index contributed by atoms with van der Waals surface area (Å²) in [6.07, 6.45) is -0.618. The van der Waals surface area contributed by atoms with Gasteiger partial charge in [-0.3, -0.25) is 0 Å². The zero-order chi connectivity index (χ0) is 18.5. The predicted octanol–water partition coefficient (Wildman–Crippen LogP) is 3.38. The van der Waals surface area contributed by atoms with Crippen molar-refractivity contribution >= 4 is 12.1 Å². The fourth-order valence-electron chi connectivity index (χ4n) is 1.98. The van der Waals surface area contributed by atoms with E-state index in [4.69, 9.17) is 9.47 Å². The third-order valence-corrected chi connectivity index (χ3v) is 2.75. The van der Waals surface area contributed by atoms with Crippen molar-refractivity contribution < 1.29 is 24.2 Å². The van der Waals surface area contributed by atoms with E-state index in [9.17, 15) is 14.7 Å². The lowest BCUT2D eigenvalue weighted by atomic mass is 10.1. The van der Waals surface area contributed by atoms with Crippen LogP contribution in [-0.4, -0.2) is 34.4 Å². The van der Waals surface area contributed by atoms with Gasteiger partial charge in [0, 0.05) is 6.42 Å². The molecule has 0 aliphatic heterocycles. The van der Waals surface area contributed by atoms with Crippen molar-refractivity contribution in [1.29, 1.82) is 0 Å². The van der Waals surface area contributed by atoms with Crippen LogP contribution in [0.3, 0.4) is 0 Å². The maximum absolute atomic E-state index is 11.8. The van der Waals surface area contributed by atoms with Gasteiger partial charge in [-0.05, 0) is 59.2 Å². The molecule has 6 nitrogen and oxygen atoms in total. The Morgan fingerprint density at radius 1 is 1.12 bits per heavy atom. The Morgan fingerprint density at radius 2 is 1.75 bits per heavy atom. The van der Waals surface area contributed by atoms with Gasteiger partial charge in [-0.2, -0.15) is 0 Å². The number of hydrogen-bond donors (Lipinski definition) is 2. The van der Waals surface area contributed by atoms with E-state index in [-0.39, 0.29) is 12.0 Å². The van der Waals surface area contributed by atoms with Gasteiger partial charge >= 0.3 is 12.1 Å². The van der Waals surface area contributed by atoms with Crippen molar-refractivity contribution in [3.63, 3.8) is 0 Å². The Hall–Kier alpha value is -2.24. The fraction of sp³-hybridized carbons (Fsp3) is 0.556. The van der Waals surface area contributed by atoms with E-state index in [1.807, 2.05) is 26.8 Å². The minimum absolute atomic E-state index is 0.135. The number of ether oxygens (including phenoxy) is 2. The number of carboxylic acid groups (broad SMARTS) is 1. The number of carbonyl (C=O) groups excluding carboxylic acids is 1. The zero-order valence-corrected chi connectivity index (χ0v) is 15.2. The molecule has 0 heterocycles. The predicted molar refractivity (Wildman–Crippen MR) is 91.3 cm³/mol. The molecule has 0 aromatic heterocycles. The minimum Gasteiger partial charge on any atom is -0.488 e. The van der Waals surface area contributed by atoms with Gasteiger partial charge in [-0.1, -0.05) is 12.1 Å². The van der Waals surface area contributed by atoms with Crippen molar-refractivity contribution in [3.8, 4) is 5.75 Å². The van der Waals surface area contributed by atoms with Gasteiger partial charge in [-0.15, -0.1) is 0 Å². The second kappa shape index (κ2) is 7.55. The lowest BCUT2D eigenvalue weighted by molar-refractivity contribution is -0.139. The molecule has 1 aromatic carbocycles. The van der Waals surface area contributed by atoms with Gasteiger partial charge < -0.3 is 19.9 Å². The van der Waals surface area contributed by atoms with Gasteiger partial charge in [0.25, 0.3) is 0 Å². The van der Waals surface area contributed by atoms with E-state index in [0.29, 0.717) is 5.75 Å². The van der Waals surface area contributed by atoms with Crippen LogP contribution in [0.4, 0.5) is 4.79 Å². The van der Waals surface area contributed by atoms with Crippen LogP contribution in [0.1, 0.15) is 47.1 Å². The number of amides is 1. The molecule has 2 N–H and O–H groups in total. The van der Waals surface area contributed by atoms with Crippen LogP contribution in [0.15, 0.2) is 24.3 Å². The normalized spacial score (nSPS) is 13.1. The maximum atomic E-state index is 11.8. The molecule has 1 aromatic rings. The van der Waals surface area contributed by atoms with Gasteiger partial charge in [-0.25, -0.2) is 9.59 Å². The standard InChI is InChI=1S/C18H27NO5/c1-17(2,3)23-13-9-7-8-12(10-13)11-14(15(20)21)19-16(22)24-18(4,5)6/h7-10,14H,11H2,1-6H3,(H,19,22)(H,20,21)/t14-/m1/s1. The van der Waals surface area contributed by atoms with Crippen molar-refractivity contribution in [3.05, 3.63) is 29.8 Å². The van der Waals surface area contributed by atoms with Gasteiger partial charge in [0.15, 0.2) is 0 Å². The minimum atomic E-state index is -1.12. The molecule has 0 saturated heterocycles. The molecule has 1 atom stereocenters. The summed E-state index contributed by atoms with van der Waals surface area (Å²) in [5.74, 6) is -0.468. The molecule has 134 valence electrons. The molecule has 0 bridgehead atoms. The number of nitrogens with one attached hydrogen (secondary N) is 1. The number of alkyl carbamates (subject to hydrolysis) is 1. The highest BCUT2D eigenvalue weighted by molar-refractivity contribution is 5.80. The molecular formula is C18H27NO5. The summed E-state index contributed by atoms with van der Waals surface area (Å²) in [5.41, 5.74) is -0.284. The van der Waals surface area contributed by atoms with Gasteiger partial charge in [0.05, 0.1) is 0 Å². The molecule has 0 radical (unpaired) electrons. The molecule has 0 saturated carbocycles. The quantitative estimate of drug-likeness (QED) is 0.860. The van der Waals surface area contributed by atoms with Crippen molar-refractivity contribution in [2.45, 2.75) is 65.2 Å². The highest BCUT2D eigenvalue weighted by Gasteiger charge is 2.24. The van der Waals surface area contributed by atoms with Crippen LogP contribution >= 0.6 is 0 Å². The van der Waals surface area contributed by atoms with E-state index in [1.165, 1.54) is 0 Å². The smallest absolute Gasteiger partial charge is 0.408 e. The molecule has 6 heteroatoms. The number of benzene rings is 1. The fourth-order valence-corrected chi connectivity index (χ4v) is 1.98. The summed E-state index contributed by atoms with van der Waals surface area (Å²) in [5, 5.41) is 11.7. The van der Waals surface area contributed by atoms with E-state index in [0.717, 1.165) is 5.56 Å². The summed E-state index contributed by atoms with van der Waals surface area (Å²) in [4.78, 5) is 23.2. The van der Waals surface area contributed by atoms with Gasteiger partial charge in [0.1, 0.15) is 23.0 Å². The first-order valence-corrected chi connectivity index (χ1v) is 7.86. The number of carbonyl (C=O) groups is 2. The molecule has 1 amide bonds. The lowest BCUT2D eigenvalue weighted by Gasteiger charge is -2.23. The van der Waals surface area contributed by atoms with Gasteiger partial charge in [0.2, 0.25) is 0 Å². The Bertz CT molecular complexity index is 584. The third-order valence-electron chi connectivity index (χ3n) is 2.75. The zero-order valence-electron chi connectivity index (χ0n) is 15.2. The summed E-state index contributed by atoms with van der Waals surface area (Å²) in [7, 11) is 0. The number of carboxylic acids is 1. The second-order valence-corrected chi connectivity index (χ2v) is 7.60. The summed E-state index contributed by atoms with van der Waals surface area (Å²) >= 11 is 0. The molecule has 0 aliphatic carbocycles. The molecular weight excluding hydrogens is 310 g/mol. The van der Waals surface area contributed by atoms with Crippen molar-refractivity contribution in [1.82, 2.24) is 5.32 Å². The van der Waals surface area contributed by atoms with Crippen LogP contribution in [0.5, 0.6) is 5.75 Å². The molecule has 0 spiro atoms. The Labute approximate surface area is 143 Å². The van der Waals surface area contributed by atoms with Crippen LogP contribution in [0.25, 0.3) is 0 Å². The second-order valence-electron chi connectivity index (χ2n) is 7.60. The first kappa shape index (κ1) is 19.8. The lowest BCUT2D eigenvalue weighted by Crippen LogP contribution is -2.44. The Kier molecular flexibility index (Phi) is 6.23. The molecule has 24 heavy (non-hydrogen) atoms. The molecule has 0 fully saturated rings. The van der Waals surface area contributed by atoms with Crippen molar-refractivity contribution in [2.75, 3.05) is 0 Å². The van der Waals surface area contributed by atoms with E-state index in [2.05, 4.69) is 5.32 Å².